The number of nitrogens with zero attached hydrogens (tertiary/aromatic N) is 1. The van der Waals surface area contributed by atoms with Gasteiger partial charge < -0.3 is 10.1 Å². The average molecular weight is 199 g/mol. The van der Waals surface area contributed by atoms with Crippen molar-refractivity contribution >= 4 is 11.6 Å². The maximum atomic E-state index is 5.69. The molecule has 70 valence electrons. The molecule has 0 aromatic carbocycles. The molecule has 1 fully saturated rings. The Hall–Kier alpha value is -0.640. The topological polar surface area (TPSA) is 34.1 Å². The summed E-state index contributed by atoms with van der Waals surface area (Å²) in [5.74, 6) is 0. The third kappa shape index (κ3) is 2.18. The zero-order chi connectivity index (χ0) is 9.10. The molecule has 13 heavy (non-hydrogen) atoms. The quantitative estimate of drug-likeness (QED) is 0.693. The van der Waals surface area contributed by atoms with Gasteiger partial charge in [-0.2, -0.15) is 0 Å². The molecule has 1 unspecified atom stereocenters. The van der Waals surface area contributed by atoms with Gasteiger partial charge in [0.2, 0.25) is 0 Å². The molecule has 0 bridgehead atoms. The Morgan fingerprint density at radius 3 is 3.08 bits per heavy atom. The third-order valence-electron chi connectivity index (χ3n) is 2.07. The average Bonchev–Trinajstić information content (AvgIpc) is 2.20. The highest BCUT2D eigenvalue weighted by atomic mass is 35.5. The van der Waals surface area contributed by atoms with Gasteiger partial charge in [-0.1, -0.05) is 17.7 Å². The SMILES string of the molecule is Clc1ccc(C2COCCN2)cn1. The van der Waals surface area contributed by atoms with Gasteiger partial charge in [-0.05, 0) is 11.6 Å². The zero-order valence-electron chi connectivity index (χ0n) is 7.16. The fourth-order valence-electron chi connectivity index (χ4n) is 1.37. The van der Waals surface area contributed by atoms with Crippen molar-refractivity contribution in [3.8, 4) is 0 Å². The van der Waals surface area contributed by atoms with Gasteiger partial charge in [0, 0.05) is 12.7 Å². The van der Waals surface area contributed by atoms with E-state index in [1.54, 1.807) is 12.3 Å². The predicted octanol–water partition coefficient (Wildman–Crippen LogP) is 1.40. The molecule has 2 heterocycles. The molecule has 4 heteroatoms. The van der Waals surface area contributed by atoms with Crippen LogP contribution in [0.3, 0.4) is 0 Å². The first-order valence-corrected chi connectivity index (χ1v) is 4.66. The largest absolute Gasteiger partial charge is 0.378 e. The Kier molecular flexibility index (Phi) is 2.78. The van der Waals surface area contributed by atoms with Crippen LogP contribution in [0, 0.1) is 0 Å². The van der Waals surface area contributed by atoms with Crippen molar-refractivity contribution in [2.45, 2.75) is 6.04 Å². The normalized spacial score (nSPS) is 23.0. The summed E-state index contributed by atoms with van der Waals surface area (Å²) in [5, 5.41) is 3.87. The third-order valence-corrected chi connectivity index (χ3v) is 2.30. The number of morpholine rings is 1. The summed E-state index contributed by atoms with van der Waals surface area (Å²) in [6.07, 6.45) is 1.79. The Morgan fingerprint density at radius 2 is 2.46 bits per heavy atom. The van der Waals surface area contributed by atoms with Gasteiger partial charge in [0.25, 0.3) is 0 Å². The van der Waals surface area contributed by atoms with Gasteiger partial charge in [-0.15, -0.1) is 0 Å². The first kappa shape index (κ1) is 8.94. The second kappa shape index (κ2) is 4.05. The van der Waals surface area contributed by atoms with Gasteiger partial charge in [0.15, 0.2) is 0 Å². The molecule has 2 rings (SSSR count). The Balaban J connectivity index is 2.10. The van der Waals surface area contributed by atoms with Gasteiger partial charge in [-0.25, -0.2) is 4.98 Å². The summed E-state index contributed by atoms with van der Waals surface area (Å²) in [6.45, 7) is 2.40. The Bertz CT molecular complexity index is 269. The van der Waals surface area contributed by atoms with E-state index in [-0.39, 0.29) is 6.04 Å². The molecule has 1 aromatic heterocycles. The van der Waals surface area contributed by atoms with Crippen LogP contribution < -0.4 is 5.32 Å². The maximum Gasteiger partial charge on any atom is 0.129 e. The molecule has 0 spiro atoms. The Morgan fingerprint density at radius 1 is 1.54 bits per heavy atom. The van der Waals surface area contributed by atoms with Gasteiger partial charge in [0.1, 0.15) is 5.15 Å². The molecule has 1 saturated heterocycles. The minimum atomic E-state index is 0.263. The van der Waals surface area contributed by atoms with Gasteiger partial charge in [0.05, 0.1) is 19.3 Å². The molecule has 0 aliphatic carbocycles. The summed E-state index contributed by atoms with van der Waals surface area (Å²) in [6, 6.07) is 4.04. The van der Waals surface area contributed by atoms with Gasteiger partial charge in [-0.3, -0.25) is 0 Å². The van der Waals surface area contributed by atoms with Crippen LogP contribution in [0.25, 0.3) is 0 Å². The van der Waals surface area contributed by atoms with Crippen LogP contribution >= 0.6 is 11.6 Å². The molecule has 1 aromatic rings. The summed E-state index contributed by atoms with van der Waals surface area (Å²) in [4.78, 5) is 4.02. The molecule has 3 nitrogen and oxygen atoms in total. The first-order valence-electron chi connectivity index (χ1n) is 4.29. The lowest BCUT2D eigenvalue weighted by Gasteiger charge is -2.23. The standard InChI is InChI=1S/C9H11ClN2O/c10-9-2-1-7(5-12-9)8-6-13-4-3-11-8/h1-2,5,8,11H,3-4,6H2. The van der Waals surface area contributed by atoms with Crippen LogP contribution in [0.15, 0.2) is 18.3 Å². The molecular formula is C9H11ClN2O. The number of halogens is 1. The lowest BCUT2D eigenvalue weighted by molar-refractivity contribution is 0.0768. The Labute approximate surface area is 82.1 Å². The van der Waals surface area contributed by atoms with E-state index in [2.05, 4.69) is 10.3 Å². The second-order valence-electron chi connectivity index (χ2n) is 3.00. The highest BCUT2D eigenvalue weighted by Gasteiger charge is 2.14. The van der Waals surface area contributed by atoms with Crippen molar-refractivity contribution in [1.29, 1.82) is 0 Å². The van der Waals surface area contributed by atoms with E-state index in [1.165, 1.54) is 0 Å². The fourth-order valence-corrected chi connectivity index (χ4v) is 1.48. The lowest BCUT2D eigenvalue weighted by atomic mass is 10.1. The van der Waals surface area contributed by atoms with Crippen molar-refractivity contribution < 1.29 is 4.74 Å². The van der Waals surface area contributed by atoms with E-state index in [0.717, 1.165) is 18.7 Å². The minimum Gasteiger partial charge on any atom is -0.378 e. The molecular weight excluding hydrogens is 188 g/mol. The van der Waals surface area contributed by atoms with Crippen molar-refractivity contribution in [2.24, 2.45) is 0 Å². The smallest absolute Gasteiger partial charge is 0.129 e. The van der Waals surface area contributed by atoms with Crippen LogP contribution in [0.4, 0.5) is 0 Å². The van der Waals surface area contributed by atoms with E-state index in [4.69, 9.17) is 16.3 Å². The van der Waals surface area contributed by atoms with Crippen molar-refractivity contribution in [2.75, 3.05) is 19.8 Å². The van der Waals surface area contributed by atoms with E-state index < -0.39 is 0 Å². The molecule has 1 aliphatic heterocycles. The second-order valence-corrected chi connectivity index (χ2v) is 3.38. The first-order chi connectivity index (χ1) is 6.36. The molecule has 1 aliphatic rings. The molecule has 0 saturated carbocycles. The van der Waals surface area contributed by atoms with Gasteiger partial charge >= 0.3 is 0 Å². The van der Waals surface area contributed by atoms with E-state index >= 15 is 0 Å². The van der Waals surface area contributed by atoms with Crippen LogP contribution in [0.5, 0.6) is 0 Å². The minimum absolute atomic E-state index is 0.263. The number of aromatic nitrogens is 1. The van der Waals surface area contributed by atoms with Crippen LogP contribution in [-0.2, 0) is 4.74 Å². The highest BCUT2D eigenvalue weighted by molar-refractivity contribution is 6.29. The fraction of sp³-hybridized carbons (Fsp3) is 0.444. The number of nitrogens with one attached hydrogen (secondary N) is 1. The van der Waals surface area contributed by atoms with Crippen molar-refractivity contribution in [1.82, 2.24) is 10.3 Å². The van der Waals surface area contributed by atoms with Crippen molar-refractivity contribution in [3.05, 3.63) is 29.0 Å². The summed E-state index contributed by atoms with van der Waals surface area (Å²) in [7, 11) is 0. The maximum absolute atomic E-state index is 5.69. The van der Waals surface area contributed by atoms with E-state index in [0.29, 0.717) is 11.8 Å². The van der Waals surface area contributed by atoms with Crippen LogP contribution in [0.1, 0.15) is 11.6 Å². The summed E-state index contributed by atoms with van der Waals surface area (Å²) < 4.78 is 5.34. The molecule has 0 amide bonds. The zero-order valence-corrected chi connectivity index (χ0v) is 7.92. The number of rotatable bonds is 1. The number of hydrogen-bond acceptors (Lipinski definition) is 3. The van der Waals surface area contributed by atoms with E-state index in [9.17, 15) is 0 Å². The van der Waals surface area contributed by atoms with Crippen LogP contribution in [0.2, 0.25) is 5.15 Å². The summed E-state index contributed by atoms with van der Waals surface area (Å²) in [5.41, 5.74) is 1.13. The monoisotopic (exact) mass is 198 g/mol. The number of ether oxygens (including phenoxy) is 1. The molecule has 0 radical (unpaired) electrons. The van der Waals surface area contributed by atoms with Crippen LogP contribution in [-0.4, -0.2) is 24.7 Å². The molecule has 1 N–H and O–H groups in total. The number of pyridine rings is 1. The number of hydrogen-bond donors (Lipinski definition) is 1. The van der Waals surface area contributed by atoms with E-state index in [1.807, 2.05) is 6.07 Å². The molecule has 1 atom stereocenters. The summed E-state index contributed by atoms with van der Waals surface area (Å²) >= 11 is 5.69. The van der Waals surface area contributed by atoms with Crippen molar-refractivity contribution in [3.63, 3.8) is 0 Å². The lowest BCUT2D eigenvalue weighted by Crippen LogP contribution is -2.34. The highest BCUT2D eigenvalue weighted by Crippen LogP contribution is 2.15. The predicted molar refractivity (Wildman–Crippen MR) is 50.8 cm³/mol.